The van der Waals surface area contributed by atoms with Gasteiger partial charge in [-0.3, -0.25) is 9.59 Å². The molecule has 0 saturated carbocycles. The fourth-order valence-electron chi connectivity index (χ4n) is 10.9. The van der Waals surface area contributed by atoms with Gasteiger partial charge in [-0.2, -0.15) is 0 Å². The second-order valence-electron chi connectivity index (χ2n) is 23.9. The van der Waals surface area contributed by atoms with Gasteiger partial charge in [0.15, 0.2) is 0 Å². The molecule has 0 saturated heterocycles. The maximum absolute atomic E-state index is 12.5. The maximum Gasteiger partial charge on any atom is 0.305 e. The molecule has 0 radical (unpaired) electrons. The number of allylic oxidation sites excluding steroid dienone is 3. The number of rotatable bonds is 65. The van der Waals surface area contributed by atoms with Gasteiger partial charge in [-0.05, 0) is 57.8 Å². The molecule has 0 aliphatic rings. The Hall–Kier alpha value is -1.66. The Morgan fingerprint density at radius 3 is 0.934 bits per heavy atom. The lowest BCUT2D eigenvalue weighted by Gasteiger charge is -2.20. The van der Waals surface area contributed by atoms with Gasteiger partial charge in [0.25, 0.3) is 0 Å². The first-order chi connectivity index (χ1) is 37.5. The van der Waals surface area contributed by atoms with Gasteiger partial charge in [-0.1, -0.05) is 340 Å². The number of carbonyl (C=O) groups is 2. The zero-order valence-electron chi connectivity index (χ0n) is 51.5. The van der Waals surface area contributed by atoms with Gasteiger partial charge in [0, 0.05) is 12.8 Å². The second-order valence-corrected chi connectivity index (χ2v) is 23.9. The zero-order valence-corrected chi connectivity index (χ0v) is 51.5. The molecular formula is C70H135NO5. The molecule has 2 atom stereocenters. The molecule has 0 aromatic carbocycles. The van der Waals surface area contributed by atoms with Gasteiger partial charge in [-0.15, -0.1) is 0 Å². The molecule has 0 rings (SSSR count). The van der Waals surface area contributed by atoms with E-state index in [4.69, 9.17) is 4.74 Å². The molecule has 0 aromatic rings. The van der Waals surface area contributed by atoms with Crippen LogP contribution in [0.4, 0.5) is 0 Å². The summed E-state index contributed by atoms with van der Waals surface area (Å²) in [5, 5.41) is 23.2. The standard InChI is InChI=1S/C70H135NO5/c1-3-5-7-9-11-13-15-17-19-20-21-22-26-29-32-35-38-42-46-50-54-58-62-68(73)67(66-72)71-69(74)63-59-55-51-47-43-39-36-33-30-27-24-23-25-28-31-34-37-41-45-49-53-57-61-65-76-70(75)64-60-56-52-48-44-40-18-16-14-12-10-8-6-4-2/h27,30,58,62,67-68,72-73H,3-26,28-29,31-57,59-61,63-66H2,1-2H3,(H,71,74)/b30-27-,62-58+. The lowest BCUT2D eigenvalue weighted by Crippen LogP contribution is -2.45. The van der Waals surface area contributed by atoms with Gasteiger partial charge >= 0.3 is 5.97 Å². The average molecular weight is 1070 g/mol. The quantitative estimate of drug-likeness (QED) is 0.0320. The molecule has 3 N–H and O–H groups in total. The van der Waals surface area contributed by atoms with E-state index in [9.17, 15) is 19.8 Å². The zero-order chi connectivity index (χ0) is 55.0. The van der Waals surface area contributed by atoms with Crippen LogP contribution in [0.1, 0.15) is 386 Å². The summed E-state index contributed by atoms with van der Waals surface area (Å²) in [4.78, 5) is 24.6. The third-order valence-corrected chi connectivity index (χ3v) is 16.2. The molecule has 450 valence electrons. The average Bonchev–Trinajstić information content (AvgIpc) is 3.42. The van der Waals surface area contributed by atoms with Gasteiger partial charge in [0.1, 0.15) is 0 Å². The number of unbranched alkanes of at least 4 members (excludes halogenated alkanes) is 52. The normalized spacial score (nSPS) is 12.6. The van der Waals surface area contributed by atoms with Crippen molar-refractivity contribution < 1.29 is 24.5 Å². The largest absolute Gasteiger partial charge is 0.466 e. The number of hydrogen-bond acceptors (Lipinski definition) is 5. The first-order valence-corrected chi connectivity index (χ1v) is 34.6. The lowest BCUT2D eigenvalue weighted by atomic mass is 10.0. The summed E-state index contributed by atoms with van der Waals surface area (Å²) >= 11 is 0. The Morgan fingerprint density at radius 1 is 0.355 bits per heavy atom. The van der Waals surface area contributed by atoms with E-state index >= 15 is 0 Å². The number of aliphatic hydroxyl groups excluding tert-OH is 2. The van der Waals surface area contributed by atoms with Crippen molar-refractivity contribution in [2.24, 2.45) is 0 Å². The van der Waals surface area contributed by atoms with Crippen molar-refractivity contribution in [1.29, 1.82) is 0 Å². The minimum atomic E-state index is -0.849. The van der Waals surface area contributed by atoms with Crippen LogP contribution in [0.3, 0.4) is 0 Å². The molecule has 0 spiro atoms. The predicted octanol–water partition coefficient (Wildman–Crippen LogP) is 22.1. The monoisotopic (exact) mass is 1070 g/mol. The van der Waals surface area contributed by atoms with Gasteiger partial charge in [-0.25, -0.2) is 0 Å². The van der Waals surface area contributed by atoms with E-state index < -0.39 is 12.1 Å². The number of hydrogen-bond donors (Lipinski definition) is 3. The van der Waals surface area contributed by atoms with E-state index in [2.05, 4.69) is 31.3 Å². The summed E-state index contributed by atoms with van der Waals surface area (Å²) < 4.78 is 5.49. The third kappa shape index (κ3) is 61.6. The fraction of sp³-hybridized carbons (Fsp3) is 0.914. The van der Waals surface area contributed by atoms with Crippen molar-refractivity contribution in [2.75, 3.05) is 13.2 Å². The van der Waals surface area contributed by atoms with E-state index in [-0.39, 0.29) is 18.5 Å². The number of esters is 1. The van der Waals surface area contributed by atoms with Crippen molar-refractivity contribution in [1.82, 2.24) is 5.32 Å². The van der Waals surface area contributed by atoms with E-state index in [1.165, 1.54) is 315 Å². The van der Waals surface area contributed by atoms with Crippen LogP contribution in [0.25, 0.3) is 0 Å². The SMILES string of the molecule is CCCCCCCCCCCCCCCCCCCCCC/C=C/C(O)C(CO)NC(=O)CCCCCCCCC/C=C\CCCCCCCCCCCCCCOC(=O)CCCCCCCCCCCCCCCC. The predicted molar refractivity (Wildman–Crippen MR) is 333 cm³/mol. The van der Waals surface area contributed by atoms with Crippen LogP contribution >= 0.6 is 0 Å². The number of carbonyl (C=O) groups excluding carboxylic acids is 2. The van der Waals surface area contributed by atoms with Crippen LogP contribution < -0.4 is 5.32 Å². The fourth-order valence-corrected chi connectivity index (χ4v) is 10.9. The van der Waals surface area contributed by atoms with E-state index in [0.29, 0.717) is 19.4 Å². The summed E-state index contributed by atoms with van der Waals surface area (Å²) in [6, 6.07) is -0.633. The van der Waals surface area contributed by atoms with Crippen LogP contribution in [0.2, 0.25) is 0 Å². The smallest absolute Gasteiger partial charge is 0.305 e. The van der Waals surface area contributed by atoms with Gasteiger partial charge < -0.3 is 20.3 Å². The Morgan fingerprint density at radius 2 is 0.618 bits per heavy atom. The van der Waals surface area contributed by atoms with Crippen molar-refractivity contribution in [3.05, 3.63) is 24.3 Å². The van der Waals surface area contributed by atoms with Crippen molar-refractivity contribution >= 4 is 11.9 Å². The van der Waals surface area contributed by atoms with E-state index in [1.54, 1.807) is 6.08 Å². The van der Waals surface area contributed by atoms with Crippen molar-refractivity contribution in [2.45, 2.75) is 398 Å². The number of amides is 1. The number of ether oxygens (including phenoxy) is 1. The van der Waals surface area contributed by atoms with E-state index in [0.717, 1.165) is 44.9 Å². The van der Waals surface area contributed by atoms with Gasteiger partial charge in [0.2, 0.25) is 5.91 Å². The van der Waals surface area contributed by atoms with Crippen molar-refractivity contribution in [3.63, 3.8) is 0 Å². The Labute approximate surface area is 475 Å². The highest BCUT2D eigenvalue weighted by Gasteiger charge is 2.18. The molecule has 0 fully saturated rings. The first-order valence-electron chi connectivity index (χ1n) is 34.6. The minimum absolute atomic E-state index is 0.0140. The Bertz CT molecular complexity index is 1190. The molecule has 0 aliphatic heterocycles. The van der Waals surface area contributed by atoms with Crippen LogP contribution in [-0.4, -0.2) is 47.4 Å². The molecular weight excluding hydrogens is 935 g/mol. The number of aliphatic hydroxyl groups is 2. The lowest BCUT2D eigenvalue weighted by molar-refractivity contribution is -0.143. The van der Waals surface area contributed by atoms with Crippen LogP contribution in [0.5, 0.6) is 0 Å². The molecule has 76 heavy (non-hydrogen) atoms. The van der Waals surface area contributed by atoms with Crippen molar-refractivity contribution in [3.8, 4) is 0 Å². The number of nitrogens with one attached hydrogen (secondary N) is 1. The second kappa shape index (κ2) is 65.9. The molecule has 6 nitrogen and oxygen atoms in total. The van der Waals surface area contributed by atoms with E-state index in [1.807, 2.05) is 6.08 Å². The summed E-state index contributed by atoms with van der Waals surface area (Å²) in [5.74, 6) is -0.0563. The van der Waals surface area contributed by atoms with Crippen LogP contribution in [0.15, 0.2) is 24.3 Å². The third-order valence-electron chi connectivity index (χ3n) is 16.2. The summed E-state index contributed by atoms with van der Waals surface area (Å²) in [6.07, 6.45) is 82.4. The summed E-state index contributed by atoms with van der Waals surface area (Å²) in [5.41, 5.74) is 0. The van der Waals surface area contributed by atoms with Gasteiger partial charge in [0.05, 0.1) is 25.4 Å². The Kier molecular flexibility index (Phi) is 64.4. The van der Waals surface area contributed by atoms with Crippen LogP contribution in [0, 0.1) is 0 Å². The highest BCUT2D eigenvalue weighted by Crippen LogP contribution is 2.18. The molecule has 1 amide bonds. The topological polar surface area (TPSA) is 95.9 Å². The molecule has 0 heterocycles. The molecule has 0 bridgehead atoms. The molecule has 6 heteroatoms. The summed E-state index contributed by atoms with van der Waals surface area (Å²) in [6.45, 7) is 4.94. The first kappa shape index (κ1) is 74.3. The highest BCUT2D eigenvalue weighted by molar-refractivity contribution is 5.76. The highest BCUT2D eigenvalue weighted by atomic mass is 16.5. The molecule has 2 unspecified atom stereocenters. The molecule has 0 aromatic heterocycles. The maximum atomic E-state index is 12.5. The Balaban J connectivity index is 3.43. The van der Waals surface area contributed by atoms with Crippen LogP contribution in [-0.2, 0) is 14.3 Å². The molecule has 0 aliphatic carbocycles. The summed E-state index contributed by atoms with van der Waals surface area (Å²) in [7, 11) is 0. The minimum Gasteiger partial charge on any atom is -0.466 e.